The Morgan fingerprint density at radius 1 is 1.18 bits per heavy atom. The molecule has 11 heavy (non-hydrogen) atoms. The third-order valence-electron chi connectivity index (χ3n) is 1.49. The molecule has 0 amide bonds. The summed E-state index contributed by atoms with van der Waals surface area (Å²) in [5, 5.41) is 0. The molecule has 0 aliphatic carbocycles. The van der Waals surface area contributed by atoms with Crippen LogP contribution in [-0.2, 0) is 0 Å². The smallest absolute Gasteiger partial charge is 0.219 e. The molecule has 0 unspecified atom stereocenters. The van der Waals surface area contributed by atoms with Crippen LogP contribution in [0.1, 0.15) is 0 Å². The second-order valence-electron chi connectivity index (χ2n) is 2.19. The fourth-order valence-corrected chi connectivity index (χ4v) is 0.973. The van der Waals surface area contributed by atoms with Gasteiger partial charge in [-0.25, -0.2) is 9.66 Å². The van der Waals surface area contributed by atoms with E-state index in [0.29, 0.717) is 5.95 Å². The Morgan fingerprint density at radius 2 is 1.91 bits per heavy atom. The third-order valence-corrected chi connectivity index (χ3v) is 1.49. The molecule has 2 rings (SSSR count). The zero-order chi connectivity index (χ0) is 7.68. The van der Waals surface area contributed by atoms with Gasteiger partial charge in [0, 0.05) is 24.8 Å². The zero-order valence-electron chi connectivity index (χ0n) is 5.88. The molecule has 0 radical (unpaired) electrons. The van der Waals surface area contributed by atoms with Crippen LogP contribution in [0.25, 0.3) is 0 Å². The van der Waals surface area contributed by atoms with Gasteiger partial charge in [0.15, 0.2) is 0 Å². The summed E-state index contributed by atoms with van der Waals surface area (Å²) in [6.45, 7) is 0. The average molecular weight is 148 g/mol. The number of aromatic nitrogens is 3. The number of rotatable bonds is 1. The van der Waals surface area contributed by atoms with E-state index in [4.69, 9.17) is 5.73 Å². The first kappa shape index (κ1) is 6.03. The highest BCUT2D eigenvalue weighted by Crippen LogP contribution is 1.99. The van der Waals surface area contributed by atoms with E-state index in [1.54, 1.807) is 17.1 Å². The van der Waals surface area contributed by atoms with Crippen LogP contribution in [0.3, 0.4) is 0 Å². The summed E-state index contributed by atoms with van der Waals surface area (Å²) in [7, 11) is 0. The Hall–Kier alpha value is -1.71. The van der Waals surface area contributed by atoms with Crippen LogP contribution in [-0.4, -0.2) is 14.3 Å². The van der Waals surface area contributed by atoms with Gasteiger partial charge in [-0.3, -0.25) is 4.68 Å². The molecule has 0 aliphatic heterocycles. The van der Waals surface area contributed by atoms with Crippen molar-refractivity contribution in [3.63, 3.8) is 0 Å². The van der Waals surface area contributed by atoms with E-state index < -0.39 is 0 Å². The summed E-state index contributed by atoms with van der Waals surface area (Å²) < 4.78 is 3.60. The molecule has 0 aliphatic rings. The number of nitrogen functional groups attached to an aromatic ring is 1. The number of imidazole rings is 1. The van der Waals surface area contributed by atoms with E-state index in [1.165, 1.54) is 0 Å². The Bertz CT molecular complexity index is 333. The minimum Gasteiger partial charge on any atom is -0.368 e. The van der Waals surface area contributed by atoms with Gasteiger partial charge in [-0.1, -0.05) is 0 Å². The lowest BCUT2D eigenvalue weighted by Gasteiger charge is -2.03. The normalized spacial score (nSPS) is 10.2. The highest BCUT2D eigenvalue weighted by Gasteiger charge is 1.95. The van der Waals surface area contributed by atoms with E-state index in [1.807, 2.05) is 29.2 Å². The van der Waals surface area contributed by atoms with Gasteiger partial charge in [0.2, 0.25) is 5.95 Å². The maximum atomic E-state index is 5.56. The lowest BCUT2D eigenvalue weighted by molar-refractivity contribution is 0.674. The summed E-state index contributed by atoms with van der Waals surface area (Å²) in [4.78, 5) is 3.89. The lowest BCUT2D eigenvalue weighted by atomic mass is 10.7. The predicted molar refractivity (Wildman–Crippen MR) is 41.9 cm³/mol. The van der Waals surface area contributed by atoms with Crippen molar-refractivity contribution in [3.8, 4) is 0 Å². The Balaban J connectivity index is 2.53. The minimum atomic E-state index is 0.487. The molecular formula is C7H8N4. The monoisotopic (exact) mass is 148 g/mol. The predicted octanol–water partition coefficient (Wildman–Crippen LogP) is 0.578. The summed E-state index contributed by atoms with van der Waals surface area (Å²) >= 11 is 0. The Labute approximate surface area is 63.9 Å². The molecule has 2 N–H and O–H groups in total. The molecule has 0 aromatic carbocycles. The van der Waals surface area contributed by atoms with Crippen molar-refractivity contribution in [3.05, 3.63) is 36.9 Å². The molecular weight excluding hydrogens is 140 g/mol. The molecule has 0 saturated carbocycles. The number of nitrogens with zero attached hydrogens (tertiary/aromatic N) is 3. The standard InChI is InChI=1S/C7H8N4/c8-7-9-3-6-11(7)10-4-1-2-5-10/h1-6H,(H2,8,9). The van der Waals surface area contributed by atoms with E-state index in [2.05, 4.69) is 4.98 Å². The van der Waals surface area contributed by atoms with E-state index in [-0.39, 0.29) is 0 Å². The van der Waals surface area contributed by atoms with Crippen LogP contribution in [0, 0.1) is 0 Å². The van der Waals surface area contributed by atoms with Crippen molar-refractivity contribution in [2.75, 3.05) is 5.73 Å². The van der Waals surface area contributed by atoms with Crippen LogP contribution in [0.4, 0.5) is 5.95 Å². The second-order valence-corrected chi connectivity index (χ2v) is 2.19. The van der Waals surface area contributed by atoms with Crippen LogP contribution in [0.2, 0.25) is 0 Å². The first-order valence-corrected chi connectivity index (χ1v) is 3.30. The molecule has 0 fully saturated rings. The average Bonchev–Trinajstić information content (AvgIpc) is 2.55. The minimum absolute atomic E-state index is 0.487. The van der Waals surface area contributed by atoms with E-state index in [0.717, 1.165) is 0 Å². The van der Waals surface area contributed by atoms with Crippen molar-refractivity contribution < 1.29 is 0 Å². The van der Waals surface area contributed by atoms with Gasteiger partial charge in [-0.2, -0.15) is 0 Å². The summed E-state index contributed by atoms with van der Waals surface area (Å²) in [6.07, 6.45) is 7.26. The summed E-state index contributed by atoms with van der Waals surface area (Å²) in [5.74, 6) is 0.487. The van der Waals surface area contributed by atoms with Crippen molar-refractivity contribution >= 4 is 5.95 Å². The van der Waals surface area contributed by atoms with Gasteiger partial charge < -0.3 is 5.73 Å². The molecule has 0 atom stereocenters. The zero-order valence-corrected chi connectivity index (χ0v) is 5.88. The van der Waals surface area contributed by atoms with Crippen LogP contribution < -0.4 is 5.73 Å². The quantitative estimate of drug-likeness (QED) is 0.643. The highest BCUT2D eigenvalue weighted by atomic mass is 15.5. The molecule has 56 valence electrons. The molecule has 4 heteroatoms. The summed E-state index contributed by atoms with van der Waals surface area (Å²) in [6, 6.07) is 3.86. The van der Waals surface area contributed by atoms with E-state index >= 15 is 0 Å². The van der Waals surface area contributed by atoms with Gasteiger partial charge in [0.25, 0.3) is 0 Å². The molecule has 2 aromatic heterocycles. The largest absolute Gasteiger partial charge is 0.368 e. The van der Waals surface area contributed by atoms with Crippen LogP contribution in [0.5, 0.6) is 0 Å². The highest BCUT2D eigenvalue weighted by molar-refractivity contribution is 5.17. The number of anilines is 1. The van der Waals surface area contributed by atoms with E-state index in [9.17, 15) is 0 Å². The van der Waals surface area contributed by atoms with Crippen molar-refractivity contribution in [1.29, 1.82) is 0 Å². The molecule has 0 saturated heterocycles. The molecule has 0 bridgehead atoms. The third kappa shape index (κ3) is 0.881. The Morgan fingerprint density at radius 3 is 2.45 bits per heavy atom. The number of nitrogens with two attached hydrogens (primary N) is 1. The van der Waals surface area contributed by atoms with Gasteiger partial charge in [-0.05, 0) is 12.1 Å². The van der Waals surface area contributed by atoms with Gasteiger partial charge in [-0.15, -0.1) is 0 Å². The SMILES string of the molecule is Nc1nccn1-n1cccc1. The van der Waals surface area contributed by atoms with Crippen LogP contribution in [0.15, 0.2) is 36.9 Å². The molecule has 0 spiro atoms. The van der Waals surface area contributed by atoms with Gasteiger partial charge >= 0.3 is 0 Å². The molecule has 4 nitrogen and oxygen atoms in total. The van der Waals surface area contributed by atoms with Gasteiger partial charge in [0.05, 0.1) is 0 Å². The van der Waals surface area contributed by atoms with Gasteiger partial charge in [0.1, 0.15) is 0 Å². The number of hydrogen-bond acceptors (Lipinski definition) is 2. The molecule has 2 heterocycles. The Kier molecular flexibility index (Phi) is 1.18. The maximum absolute atomic E-state index is 5.56. The summed E-state index contributed by atoms with van der Waals surface area (Å²) in [5.41, 5.74) is 5.56. The second kappa shape index (κ2) is 2.16. The fourth-order valence-electron chi connectivity index (χ4n) is 0.973. The van der Waals surface area contributed by atoms with Crippen molar-refractivity contribution in [2.45, 2.75) is 0 Å². The topological polar surface area (TPSA) is 48.8 Å². The van der Waals surface area contributed by atoms with Crippen LogP contribution >= 0.6 is 0 Å². The first-order valence-electron chi connectivity index (χ1n) is 3.30. The molecule has 2 aromatic rings. The lowest BCUT2D eigenvalue weighted by Crippen LogP contribution is -2.08. The fraction of sp³-hybridized carbons (Fsp3) is 0. The maximum Gasteiger partial charge on any atom is 0.219 e. The first-order chi connectivity index (χ1) is 5.38. The van der Waals surface area contributed by atoms with Crippen molar-refractivity contribution in [2.24, 2.45) is 0 Å². The van der Waals surface area contributed by atoms with Crippen molar-refractivity contribution in [1.82, 2.24) is 14.3 Å². The number of hydrogen-bond donors (Lipinski definition) is 1.